The number of anilines is 2. The van der Waals surface area contributed by atoms with Crippen molar-refractivity contribution in [2.24, 2.45) is 0 Å². The molecule has 114 valence electrons. The molecule has 0 atom stereocenters. The predicted octanol–water partition coefficient (Wildman–Crippen LogP) is 0.764. The molecule has 7 heteroatoms. The normalized spacial score (nSPS) is 18.5. The number of rotatable bonds is 3. The van der Waals surface area contributed by atoms with Crippen LogP contribution in [0.15, 0.2) is 29.2 Å². The summed E-state index contributed by atoms with van der Waals surface area (Å²) in [6.45, 7) is 3.51. The highest BCUT2D eigenvalue weighted by Gasteiger charge is 2.27. The van der Waals surface area contributed by atoms with Crippen LogP contribution in [0.3, 0.4) is 0 Å². The van der Waals surface area contributed by atoms with Gasteiger partial charge in [0.15, 0.2) is 0 Å². The second kappa shape index (κ2) is 5.40. The Morgan fingerprint density at radius 2 is 1.73 bits per heavy atom. The van der Waals surface area contributed by atoms with Crippen molar-refractivity contribution in [2.45, 2.75) is 18.8 Å². The van der Waals surface area contributed by atoms with Crippen LogP contribution in [-0.4, -0.2) is 46.3 Å². The maximum Gasteiger partial charge on any atom is 0.264 e. The van der Waals surface area contributed by atoms with E-state index in [1.807, 2.05) is 12.3 Å². The minimum absolute atomic E-state index is 0.170. The Hall–Kier alpha value is -2.44. The summed E-state index contributed by atoms with van der Waals surface area (Å²) in [5.74, 6) is 3.40. The molecule has 1 N–H and O–H groups in total. The first-order valence-electron chi connectivity index (χ1n) is 7.68. The molecule has 1 saturated carbocycles. The number of H-pyrrole nitrogens is 1. The van der Waals surface area contributed by atoms with Crippen molar-refractivity contribution in [3.05, 3.63) is 40.6 Å². The van der Waals surface area contributed by atoms with Gasteiger partial charge in [-0.3, -0.25) is 4.79 Å². The van der Waals surface area contributed by atoms with Crippen LogP contribution in [0.5, 0.6) is 0 Å². The van der Waals surface area contributed by atoms with E-state index in [4.69, 9.17) is 4.98 Å². The fourth-order valence-corrected chi connectivity index (χ4v) is 2.76. The van der Waals surface area contributed by atoms with Crippen molar-refractivity contribution in [1.29, 1.82) is 0 Å². The summed E-state index contributed by atoms with van der Waals surface area (Å²) in [6, 6.07) is 5.27. The van der Waals surface area contributed by atoms with E-state index in [-0.39, 0.29) is 5.56 Å². The number of hydrogen-bond acceptors (Lipinski definition) is 6. The topological polar surface area (TPSA) is 78.0 Å². The standard InChI is InChI=1S/C15H18N6O/c22-14-4-3-13(18-19-14)21-9-7-20(8-10-21)12-5-6-16-15(17-12)11-1-2-11/h3-6,11H,1-2,7-10H2,(H,19,22). The monoisotopic (exact) mass is 298 g/mol. The van der Waals surface area contributed by atoms with Crippen LogP contribution in [0.1, 0.15) is 24.6 Å². The first-order valence-corrected chi connectivity index (χ1v) is 7.68. The van der Waals surface area contributed by atoms with E-state index in [1.165, 1.54) is 18.9 Å². The van der Waals surface area contributed by atoms with E-state index in [0.29, 0.717) is 5.92 Å². The number of hydrogen-bond donors (Lipinski definition) is 1. The van der Waals surface area contributed by atoms with E-state index in [0.717, 1.165) is 43.6 Å². The lowest BCUT2D eigenvalue weighted by molar-refractivity contribution is 0.635. The summed E-state index contributed by atoms with van der Waals surface area (Å²) in [5, 5.41) is 6.58. The Bertz CT molecular complexity index is 697. The molecule has 0 bridgehead atoms. The van der Waals surface area contributed by atoms with Gasteiger partial charge in [-0.2, -0.15) is 5.10 Å². The minimum Gasteiger partial charge on any atom is -0.353 e. The van der Waals surface area contributed by atoms with Crippen molar-refractivity contribution in [3.8, 4) is 0 Å². The van der Waals surface area contributed by atoms with Crippen LogP contribution < -0.4 is 15.4 Å². The molecule has 22 heavy (non-hydrogen) atoms. The summed E-state index contributed by atoms with van der Waals surface area (Å²) in [7, 11) is 0. The lowest BCUT2D eigenvalue weighted by Gasteiger charge is -2.35. The average molecular weight is 298 g/mol. The molecule has 2 aromatic heterocycles. The highest BCUT2D eigenvalue weighted by Crippen LogP contribution is 2.38. The number of aromatic amines is 1. The van der Waals surface area contributed by atoms with Gasteiger partial charge in [-0.15, -0.1) is 0 Å². The Morgan fingerprint density at radius 1 is 1.00 bits per heavy atom. The first-order chi connectivity index (χ1) is 10.8. The molecule has 0 unspecified atom stereocenters. The van der Waals surface area contributed by atoms with Gasteiger partial charge in [-0.25, -0.2) is 15.1 Å². The molecule has 2 aliphatic rings. The molecule has 1 aliphatic carbocycles. The molecule has 2 fully saturated rings. The number of nitrogens with zero attached hydrogens (tertiary/aromatic N) is 5. The third-order valence-electron chi connectivity index (χ3n) is 4.19. The predicted molar refractivity (Wildman–Crippen MR) is 83.3 cm³/mol. The van der Waals surface area contributed by atoms with Gasteiger partial charge in [0.2, 0.25) is 0 Å². The number of aromatic nitrogens is 4. The zero-order valence-electron chi connectivity index (χ0n) is 12.3. The SMILES string of the molecule is O=c1ccc(N2CCN(c3ccnc(C4CC4)n3)CC2)n[nH]1. The highest BCUT2D eigenvalue weighted by atomic mass is 16.1. The van der Waals surface area contributed by atoms with Gasteiger partial charge in [-0.05, 0) is 25.0 Å². The van der Waals surface area contributed by atoms with Crippen molar-refractivity contribution in [3.63, 3.8) is 0 Å². The van der Waals surface area contributed by atoms with Crippen molar-refractivity contribution in [1.82, 2.24) is 20.2 Å². The third-order valence-corrected chi connectivity index (χ3v) is 4.19. The number of nitrogens with one attached hydrogen (secondary N) is 1. The van der Waals surface area contributed by atoms with Gasteiger partial charge < -0.3 is 9.80 Å². The van der Waals surface area contributed by atoms with Gasteiger partial charge >= 0.3 is 0 Å². The highest BCUT2D eigenvalue weighted by molar-refractivity contribution is 5.44. The van der Waals surface area contributed by atoms with E-state index >= 15 is 0 Å². The van der Waals surface area contributed by atoms with E-state index in [1.54, 1.807) is 6.07 Å². The summed E-state index contributed by atoms with van der Waals surface area (Å²) in [4.78, 5) is 24.6. The zero-order chi connectivity index (χ0) is 14.9. The van der Waals surface area contributed by atoms with Crippen molar-refractivity contribution < 1.29 is 0 Å². The van der Waals surface area contributed by atoms with Crippen LogP contribution >= 0.6 is 0 Å². The molecule has 3 heterocycles. The second-order valence-electron chi connectivity index (χ2n) is 5.80. The van der Waals surface area contributed by atoms with Crippen LogP contribution in [0.2, 0.25) is 0 Å². The smallest absolute Gasteiger partial charge is 0.264 e. The van der Waals surface area contributed by atoms with E-state index in [9.17, 15) is 4.79 Å². The van der Waals surface area contributed by atoms with E-state index < -0.39 is 0 Å². The Labute approximate surface area is 128 Å². The summed E-state index contributed by atoms with van der Waals surface area (Å²) >= 11 is 0. The lowest BCUT2D eigenvalue weighted by atomic mass is 10.3. The van der Waals surface area contributed by atoms with Crippen LogP contribution in [-0.2, 0) is 0 Å². The molecule has 7 nitrogen and oxygen atoms in total. The van der Waals surface area contributed by atoms with E-state index in [2.05, 4.69) is 25.0 Å². The molecule has 2 aromatic rings. The Balaban J connectivity index is 1.44. The molecule has 0 spiro atoms. The molecular formula is C15H18N6O. The molecular weight excluding hydrogens is 280 g/mol. The Kier molecular flexibility index (Phi) is 3.25. The summed E-state index contributed by atoms with van der Waals surface area (Å²) in [6.07, 6.45) is 4.30. The van der Waals surface area contributed by atoms with Gasteiger partial charge in [0.05, 0.1) is 0 Å². The third kappa shape index (κ3) is 2.66. The second-order valence-corrected chi connectivity index (χ2v) is 5.80. The van der Waals surface area contributed by atoms with Gasteiger partial charge in [0, 0.05) is 44.4 Å². The summed E-state index contributed by atoms with van der Waals surface area (Å²) < 4.78 is 0. The van der Waals surface area contributed by atoms with Crippen LogP contribution in [0.4, 0.5) is 11.6 Å². The molecule has 1 saturated heterocycles. The minimum atomic E-state index is -0.170. The van der Waals surface area contributed by atoms with Crippen molar-refractivity contribution in [2.75, 3.05) is 36.0 Å². The summed E-state index contributed by atoms with van der Waals surface area (Å²) in [5.41, 5.74) is -0.170. The molecule has 0 aromatic carbocycles. The van der Waals surface area contributed by atoms with Crippen LogP contribution in [0.25, 0.3) is 0 Å². The molecule has 0 amide bonds. The van der Waals surface area contributed by atoms with Gasteiger partial charge in [-0.1, -0.05) is 0 Å². The maximum atomic E-state index is 11.1. The number of piperazine rings is 1. The average Bonchev–Trinajstić information content (AvgIpc) is 3.41. The fourth-order valence-electron chi connectivity index (χ4n) is 2.76. The largest absolute Gasteiger partial charge is 0.353 e. The van der Waals surface area contributed by atoms with Crippen molar-refractivity contribution >= 4 is 11.6 Å². The Morgan fingerprint density at radius 3 is 2.36 bits per heavy atom. The van der Waals surface area contributed by atoms with Gasteiger partial charge in [0.25, 0.3) is 5.56 Å². The zero-order valence-corrected chi connectivity index (χ0v) is 12.3. The quantitative estimate of drug-likeness (QED) is 0.901. The van der Waals surface area contributed by atoms with Gasteiger partial charge in [0.1, 0.15) is 17.5 Å². The molecule has 1 aliphatic heterocycles. The van der Waals surface area contributed by atoms with Crippen LogP contribution in [0, 0.1) is 0 Å². The fraction of sp³-hybridized carbons (Fsp3) is 0.467. The maximum absolute atomic E-state index is 11.1. The molecule has 0 radical (unpaired) electrons. The molecule has 4 rings (SSSR count). The first kappa shape index (κ1) is 13.2. The lowest BCUT2D eigenvalue weighted by Crippen LogP contribution is -2.47.